The summed E-state index contributed by atoms with van der Waals surface area (Å²) in [4.78, 5) is 2.26. The van der Waals surface area contributed by atoms with Gasteiger partial charge in [-0.3, -0.25) is 0 Å². The standard InChI is InChI=1S/C15H24N2O2S/c1-3-4-12-20(18,19)17-10-8-16(9-11-17)15-7-5-6-14(2)13-15/h5-7,13H,3-4,8-12H2,1-2H3. The molecule has 1 aliphatic heterocycles. The molecule has 1 aliphatic rings. The van der Waals surface area contributed by atoms with Crippen LogP contribution in [0.4, 0.5) is 5.69 Å². The molecule has 0 spiro atoms. The van der Waals surface area contributed by atoms with E-state index in [0.717, 1.165) is 25.9 Å². The van der Waals surface area contributed by atoms with Gasteiger partial charge >= 0.3 is 0 Å². The predicted molar refractivity (Wildman–Crippen MR) is 83.7 cm³/mol. The van der Waals surface area contributed by atoms with Crippen LogP contribution in [-0.4, -0.2) is 44.7 Å². The molecule has 0 amide bonds. The van der Waals surface area contributed by atoms with Crippen LogP contribution in [0.2, 0.25) is 0 Å². The van der Waals surface area contributed by atoms with Crippen molar-refractivity contribution in [2.45, 2.75) is 26.7 Å². The number of aryl methyl sites for hydroxylation is 1. The Morgan fingerprint density at radius 2 is 1.85 bits per heavy atom. The third-order valence-electron chi connectivity index (χ3n) is 3.75. The van der Waals surface area contributed by atoms with Gasteiger partial charge in [-0.1, -0.05) is 25.5 Å². The Hall–Kier alpha value is -1.07. The number of anilines is 1. The average molecular weight is 296 g/mol. The van der Waals surface area contributed by atoms with E-state index in [9.17, 15) is 8.42 Å². The van der Waals surface area contributed by atoms with Crippen LogP contribution in [0.15, 0.2) is 24.3 Å². The van der Waals surface area contributed by atoms with Crippen molar-refractivity contribution in [2.75, 3.05) is 36.8 Å². The zero-order valence-corrected chi connectivity index (χ0v) is 13.2. The Morgan fingerprint density at radius 1 is 1.15 bits per heavy atom. The fourth-order valence-electron chi connectivity index (χ4n) is 2.50. The van der Waals surface area contributed by atoms with Crippen LogP contribution in [0.1, 0.15) is 25.3 Å². The van der Waals surface area contributed by atoms with Crippen molar-refractivity contribution in [1.29, 1.82) is 0 Å². The summed E-state index contributed by atoms with van der Waals surface area (Å²) in [6.07, 6.45) is 1.67. The molecule has 0 aliphatic carbocycles. The molecule has 0 unspecified atom stereocenters. The maximum Gasteiger partial charge on any atom is 0.214 e. The van der Waals surface area contributed by atoms with Gasteiger partial charge < -0.3 is 4.90 Å². The van der Waals surface area contributed by atoms with Crippen molar-refractivity contribution in [3.63, 3.8) is 0 Å². The lowest BCUT2D eigenvalue weighted by Crippen LogP contribution is -2.49. The fraction of sp³-hybridized carbons (Fsp3) is 0.600. The highest BCUT2D eigenvalue weighted by molar-refractivity contribution is 7.89. The van der Waals surface area contributed by atoms with Gasteiger partial charge in [0.2, 0.25) is 10.0 Å². The second-order valence-corrected chi connectivity index (χ2v) is 7.48. The van der Waals surface area contributed by atoms with Gasteiger partial charge in [-0.15, -0.1) is 0 Å². The van der Waals surface area contributed by atoms with Crippen molar-refractivity contribution in [3.8, 4) is 0 Å². The lowest BCUT2D eigenvalue weighted by molar-refractivity contribution is 0.384. The van der Waals surface area contributed by atoms with E-state index in [2.05, 4.69) is 36.1 Å². The maximum absolute atomic E-state index is 12.1. The molecule has 0 bridgehead atoms. The number of benzene rings is 1. The highest BCUT2D eigenvalue weighted by Gasteiger charge is 2.26. The lowest BCUT2D eigenvalue weighted by atomic mass is 10.2. The first kappa shape index (κ1) is 15.3. The molecule has 1 heterocycles. The van der Waals surface area contributed by atoms with Gasteiger partial charge in [-0.2, -0.15) is 4.31 Å². The lowest BCUT2D eigenvalue weighted by Gasteiger charge is -2.35. The van der Waals surface area contributed by atoms with E-state index in [4.69, 9.17) is 0 Å². The molecule has 4 nitrogen and oxygen atoms in total. The summed E-state index contributed by atoms with van der Waals surface area (Å²) in [5.74, 6) is 0.286. The minimum Gasteiger partial charge on any atom is -0.369 e. The van der Waals surface area contributed by atoms with Gasteiger partial charge in [0.1, 0.15) is 0 Å². The second-order valence-electron chi connectivity index (χ2n) is 5.39. The molecule has 2 rings (SSSR count). The Kier molecular flexibility index (Phi) is 5.05. The summed E-state index contributed by atoms with van der Waals surface area (Å²) in [5.41, 5.74) is 2.43. The first-order valence-corrected chi connectivity index (χ1v) is 8.93. The van der Waals surface area contributed by atoms with Crippen molar-refractivity contribution in [2.24, 2.45) is 0 Å². The van der Waals surface area contributed by atoms with Crippen LogP contribution in [0.5, 0.6) is 0 Å². The normalized spacial score (nSPS) is 17.4. The highest BCUT2D eigenvalue weighted by Crippen LogP contribution is 2.19. The number of piperazine rings is 1. The minimum absolute atomic E-state index is 0.286. The maximum atomic E-state index is 12.1. The molecule has 0 aromatic heterocycles. The van der Waals surface area contributed by atoms with E-state index in [-0.39, 0.29) is 5.75 Å². The number of hydrogen-bond acceptors (Lipinski definition) is 3. The van der Waals surface area contributed by atoms with Crippen LogP contribution >= 0.6 is 0 Å². The van der Waals surface area contributed by atoms with E-state index in [1.165, 1.54) is 11.3 Å². The van der Waals surface area contributed by atoms with Gasteiger partial charge in [-0.25, -0.2) is 8.42 Å². The van der Waals surface area contributed by atoms with Gasteiger partial charge in [0.05, 0.1) is 5.75 Å². The van der Waals surface area contributed by atoms with Crippen LogP contribution < -0.4 is 4.90 Å². The largest absolute Gasteiger partial charge is 0.369 e. The predicted octanol–water partition coefficient (Wildman–Crippen LogP) is 2.25. The van der Waals surface area contributed by atoms with E-state index in [0.29, 0.717) is 13.1 Å². The first-order chi connectivity index (χ1) is 9.53. The summed E-state index contributed by atoms with van der Waals surface area (Å²) < 4.78 is 25.9. The molecule has 0 atom stereocenters. The smallest absolute Gasteiger partial charge is 0.214 e. The van der Waals surface area contributed by atoms with E-state index < -0.39 is 10.0 Å². The zero-order chi connectivity index (χ0) is 14.6. The summed E-state index contributed by atoms with van der Waals surface area (Å²) >= 11 is 0. The number of sulfonamides is 1. The topological polar surface area (TPSA) is 40.6 Å². The molecular formula is C15H24N2O2S. The van der Waals surface area contributed by atoms with Crippen molar-refractivity contribution in [1.82, 2.24) is 4.31 Å². The third-order valence-corrected chi connectivity index (χ3v) is 5.71. The van der Waals surface area contributed by atoms with Crippen LogP contribution in [0.25, 0.3) is 0 Å². The number of rotatable bonds is 5. The minimum atomic E-state index is -3.05. The van der Waals surface area contributed by atoms with Gasteiger partial charge in [0.15, 0.2) is 0 Å². The zero-order valence-electron chi connectivity index (χ0n) is 12.4. The Morgan fingerprint density at radius 3 is 2.45 bits per heavy atom. The third kappa shape index (κ3) is 3.73. The summed E-state index contributed by atoms with van der Waals surface area (Å²) in [6, 6.07) is 8.37. The summed E-state index contributed by atoms with van der Waals surface area (Å²) in [7, 11) is -3.05. The fourth-order valence-corrected chi connectivity index (χ4v) is 4.14. The Bertz CT molecular complexity index is 535. The number of hydrogen-bond donors (Lipinski definition) is 0. The average Bonchev–Trinajstić information content (AvgIpc) is 2.45. The molecule has 1 aromatic carbocycles. The molecule has 1 saturated heterocycles. The van der Waals surface area contributed by atoms with Crippen molar-refractivity contribution >= 4 is 15.7 Å². The van der Waals surface area contributed by atoms with Crippen molar-refractivity contribution < 1.29 is 8.42 Å². The molecular weight excluding hydrogens is 272 g/mol. The monoisotopic (exact) mass is 296 g/mol. The Balaban J connectivity index is 1.95. The first-order valence-electron chi connectivity index (χ1n) is 7.32. The van der Waals surface area contributed by atoms with Crippen LogP contribution in [0.3, 0.4) is 0 Å². The molecule has 0 N–H and O–H groups in total. The van der Waals surface area contributed by atoms with E-state index in [1.54, 1.807) is 4.31 Å². The van der Waals surface area contributed by atoms with E-state index >= 15 is 0 Å². The molecule has 0 saturated carbocycles. The summed E-state index contributed by atoms with van der Waals surface area (Å²) in [6.45, 7) is 6.84. The summed E-state index contributed by atoms with van der Waals surface area (Å²) in [5, 5.41) is 0. The second kappa shape index (κ2) is 6.59. The highest BCUT2D eigenvalue weighted by atomic mass is 32.2. The molecule has 0 radical (unpaired) electrons. The molecule has 1 aromatic rings. The SMILES string of the molecule is CCCCS(=O)(=O)N1CCN(c2cccc(C)c2)CC1. The number of unbranched alkanes of at least 4 members (excludes halogenated alkanes) is 1. The van der Waals surface area contributed by atoms with Gasteiger partial charge in [-0.05, 0) is 31.0 Å². The van der Waals surface area contributed by atoms with Gasteiger partial charge in [0, 0.05) is 31.9 Å². The molecule has 5 heteroatoms. The molecule has 20 heavy (non-hydrogen) atoms. The quantitative estimate of drug-likeness (QED) is 0.837. The van der Waals surface area contributed by atoms with E-state index in [1.807, 2.05) is 6.92 Å². The Labute approximate surface area is 122 Å². The van der Waals surface area contributed by atoms with Crippen molar-refractivity contribution in [3.05, 3.63) is 29.8 Å². The molecule has 112 valence electrons. The molecule has 1 fully saturated rings. The van der Waals surface area contributed by atoms with Crippen LogP contribution in [0, 0.1) is 6.92 Å². The number of nitrogens with zero attached hydrogens (tertiary/aromatic N) is 2. The van der Waals surface area contributed by atoms with Gasteiger partial charge in [0.25, 0.3) is 0 Å². The van der Waals surface area contributed by atoms with Crippen LogP contribution in [-0.2, 0) is 10.0 Å².